The molecule has 0 unspecified atom stereocenters. The fourth-order valence-electron chi connectivity index (χ4n) is 3.77. The zero-order valence-electron chi connectivity index (χ0n) is 18.3. The molecule has 0 saturated carbocycles. The highest BCUT2D eigenvalue weighted by atomic mass is 19.1. The van der Waals surface area contributed by atoms with Gasteiger partial charge in [-0.2, -0.15) is 0 Å². The molecule has 0 spiro atoms. The lowest BCUT2D eigenvalue weighted by molar-refractivity contribution is 0.130. The summed E-state index contributed by atoms with van der Waals surface area (Å²) < 4.78 is 30.1. The molecule has 32 heavy (non-hydrogen) atoms. The molecule has 0 amide bonds. The number of hydrogen-bond donors (Lipinski definition) is 0. The summed E-state index contributed by atoms with van der Waals surface area (Å²) in [7, 11) is 0. The van der Waals surface area contributed by atoms with Crippen molar-refractivity contribution >= 4 is 5.71 Å². The van der Waals surface area contributed by atoms with Crippen LogP contribution >= 0.6 is 0 Å². The maximum atomic E-state index is 14.7. The minimum absolute atomic E-state index is 0.322. The summed E-state index contributed by atoms with van der Waals surface area (Å²) in [5.74, 6) is -0.663. The molecule has 3 aromatic carbocycles. The number of aromatic nitrogens is 1. The molecule has 3 nitrogen and oxygen atoms in total. The van der Waals surface area contributed by atoms with Crippen molar-refractivity contribution in [3.63, 3.8) is 0 Å². The summed E-state index contributed by atoms with van der Waals surface area (Å²) in [6.45, 7) is 6.17. The molecule has 0 bridgehead atoms. The minimum Gasteiger partial charge on any atom is -0.391 e. The number of oxime groups is 1. The number of para-hydroxylation sites is 1. The number of rotatable bonds is 6. The lowest BCUT2D eigenvalue weighted by Gasteiger charge is -2.13. The molecular formula is C27H24F2N2O. The highest BCUT2D eigenvalue weighted by molar-refractivity contribution is 6.01. The van der Waals surface area contributed by atoms with Gasteiger partial charge in [0.1, 0.15) is 18.2 Å². The molecule has 4 rings (SSSR count). The van der Waals surface area contributed by atoms with E-state index >= 15 is 0 Å². The second-order valence-electron chi connectivity index (χ2n) is 7.70. The van der Waals surface area contributed by atoms with Gasteiger partial charge < -0.3 is 9.40 Å². The zero-order chi connectivity index (χ0) is 22.7. The Morgan fingerprint density at radius 3 is 2.31 bits per heavy atom. The Labute approximate surface area is 186 Å². The fraction of sp³-hybridized carbons (Fsp3) is 0.148. The van der Waals surface area contributed by atoms with Gasteiger partial charge in [-0.05, 0) is 79.9 Å². The normalized spacial score (nSPS) is 11.6. The molecule has 0 N–H and O–H groups in total. The maximum Gasteiger partial charge on any atom is 0.147 e. The maximum absolute atomic E-state index is 14.7. The lowest BCUT2D eigenvalue weighted by atomic mass is 10.1. The van der Waals surface area contributed by atoms with E-state index in [1.54, 1.807) is 30.3 Å². The van der Waals surface area contributed by atoms with Crippen LogP contribution in [0.15, 0.2) is 84.0 Å². The Morgan fingerprint density at radius 1 is 0.906 bits per heavy atom. The van der Waals surface area contributed by atoms with Gasteiger partial charge >= 0.3 is 0 Å². The number of benzene rings is 3. The molecule has 0 radical (unpaired) electrons. The smallest absolute Gasteiger partial charge is 0.147 e. The minimum atomic E-state index is -0.341. The van der Waals surface area contributed by atoms with Gasteiger partial charge in [-0.15, -0.1) is 0 Å². The highest BCUT2D eigenvalue weighted by Crippen LogP contribution is 2.31. The van der Waals surface area contributed by atoms with Gasteiger partial charge in [-0.1, -0.05) is 41.6 Å². The van der Waals surface area contributed by atoms with Crippen LogP contribution in [-0.2, 0) is 11.4 Å². The van der Waals surface area contributed by atoms with Gasteiger partial charge in [-0.3, -0.25) is 0 Å². The quantitative estimate of drug-likeness (QED) is 0.239. The molecule has 4 aromatic rings. The van der Waals surface area contributed by atoms with Gasteiger partial charge in [0.15, 0.2) is 0 Å². The van der Waals surface area contributed by atoms with Crippen molar-refractivity contribution in [3.05, 3.63) is 113 Å². The van der Waals surface area contributed by atoms with E-state index in [-0.39, 0.29) is 11.6 Å². The molecule has 1 heterocycles. The number of aryl methyl sites for hydroxylation is 1. The predicted octanol–water partition coefficient (Wildman–Crippen LogP) is 6.98. The van der Waals surface area contributed by atoms with E-state index in [0.29, 0.717) is 18.0 Å². The SMILES string of the molecule is C/C(=N\OCc1ccccc1C)c1cc(-c2ccc(F)cc2)n(-c2ccccc2F)c1C. The van der Waals surface area contributed by atoms with Gasteiger partial charge in [0, 0.05) is 11.3 Å². The summed E-state index contributed by atoms with van der Waals surface area (Å²) in [5, 5.41) is 4.32. The van der Waals surface area contributed by atoms with Crippen molar-refractivity contribution in [1.82, 2.24) is 4.57 Å². The molecule has 0 saturated heterocycles. The molecule has 0 atom stereocenters. The third kappa shape index (κ3) is 4.33. The number of halogens is 2. The van der Waals surface area contributed by atoms with Crippen LogP contribution in [0.3, 0.4) is 0 Å². The third-order valence-corrected chi connectivity index (χ3v) is 5.55. The van der Waals surface area contributed by atoms with Crippen molar-refractivity contribution in [2.75, 3.05) is 0 Å². The second-order valence-corrected chi connectivity index (χ2v) is 7.70. The largest absolute Gasteiger partial charge is 0.391 e. The van der Waals surface area contributed by atoms with Crippen LogP contribution in [0, 0.1) is 25.5 Å². The van der Waals surface area contributed by atoms with Gasteiger partial charge in [0.25, 0.3) is 0 Å². The molecule has 0 aliphatic carbocycles. The Kier molecular flexibility index (Phi) is 6.17. The van der Waals surface area contributed by atoms with Crippen molar-refractivity contribution < 1.29 is 13.6 Å². The summed E-state index contributed by atoms with van der Waals surface area (Å²) in [5.41, 5.74) is 6.47. The van der Waals surface area contributed by atoms with Crippen LogP contribution in [-0.4, -0.2) is 10.3 Å². The van der Waals surface area contributed by atoms with E-state index in [1.165, 1.54) is 18.2 Å². The summed E-state index contributed by atoms with van der Waals surface area (Å²) >= 11 is 0. The van der Waals surface area contributed by atoms with Crippen molar-refractivity contribution in [1.29, 1.82) is 0 Å². The summed E-state index contributed by atoms with van der Waals surface area (Å²) in [6, 6.07) is 22.7. The third-order valence-electron chi connectivity index (χ3n) is 5.55. The van der Waals surface area contributed by atoms with Gasteiger partial charge in [0.05, 0.1) is 17.1 Å². The summed E-state index contributed by atoms with van der Waals surface area (Å²) in [4.78, 5) is 5.63. The number of hydrogen-bond acceptors (Lipinski definition) is 2. The molecule has 0 aliphatic rings. The van der Waals surface area contributed by atoms with Crippen molar-refractivity contribution in [3.8, 4) is 16.9 Å². The molecule has 0 aliphatic heterocycles. The first-order valence-electron chi connectivity index (χ1n) is 10.4. The molecular weight excluding hydrogens is 406 g/mol. The van der Waals surface area contributed by atoms with Crippen LogP contribution in [0.5, 0.6) is 0 Å². The average molecular weight is 430 g/mol. The molecule has 5 heteroatoms. The average Bonchev–Trinajstić information content (AvgIpc) is 3.13. The van der Waals surface area contributed by atoms with E-state index in [4.69, 9.17) is 4.84 Å². The van der Waals surface area contributed by atoms with Crippen LogP contribution in [0.4, 0.5) is 8.78 Å². The first kappa shape index (κ1) is 21.5. The first-order chi connectivity index (χ1) is 15.5. The van der Waals surface area contributed by atoms with Crippen LogP contribution in [0.2, 0.25) is 0 Å². The highest BCUT2D eigenvalue weighted by Gasteiger charge is 2.19. The molecule has 1 aromatic heterocycles. The Morgan fingerprint density at radius 2 is 1.59 bits per heavy atom. The molecule has 0 fully saturated rings. The van der Waals surface area contributed by atoms with E-state index in [2.05, 4.69) is 5.16 Å². The van der Waals surface area contributed by atoms with Gasteiger partial charge in [0.2, 0.25) is 0 Å². The molecule has 162 valence electrons. The number of nitrogens with zero attached hydrogens (tertiary/aromatic N) is 2. The Hall–Kier alpha value is -3.73. The van der Waals surface area contributed by atoms with Crippen LogP contribution in [0.25, 0.3) is 16.9 Å². The first-order valence-corrected chi connectivity index (χ1v) is 10.4. The van der Waals surface area contributed by atoms with E-state index < -0.39 is 0 Å². The Balaban J connectivity index is 1.74. The van der Waals surface area contributed by atoms with Crippen LogP contribution in [0.1, 0.15) is 29.3 Å². The predicted molar refractivity (Wildman–Crippen MR) is 124 cm³/mol. The second kappa shape index (κ2) is 9.18. The lowest BCUT2D eigenvalue weighted by Crippen LogP contribution is -2.04. The topological polar surface area (TPSA) is 26.5 Å². The van der Waals surface area contributed by atoms with Crippen molar-refractivity contribution in [2.45, 2.75) is 27.4 Å². The standard InChI is InChI=1S/C27H24F2N2O/c1-18-8-4-5-9-22(18)17-32-30-19(2)24-16-27(21-12-14-23(28)15-13-21)31(20(24)3)26-11-7-6-10-25(26)29/h4-16H,17H2,1-3H3/b30-19+. The Bertz CT molecular complexity index is 1270. The van der Waals surface area contributed by atoms with E-state index in [9.17, 15) is 8.78 Å². The monoisotopic (exact) mass is 430 g/mol. The fourth-order valence-corrected chi connectivity index (χ4v) is 3.77. The van der Waals surface area contributed by atoms with Gasteiger partial charge in [-0.25, -0.2) is 8.78 Å². The van der Waals surface area contributed by atoms with E-state index in [1.807, 2.05) is 55.7 Å². The summed E-state index contributed by atoms with van der Waals surface area (Å²) in [6.07, 6.45) is 0. The van der Waals surface area contributed by atoms with Crippen LogP contribution < -0.4 is 0 Å². The van der Waals surface area contributed by atoms with E-state index in [0.717, 1.165) is 33.6 Å². The zero-order valence-corrected chi connectivity index (χ0v) is 18.3. The van der Waals surface area contributed by atoms with Crippen molar-refractivity contribution in [2.24, 2.45) is 5.16 Å².